The summed E-state index contributed by atoms with van der Waals surface area (Å²) >= 11 is 0. The molecule has 0 bridgehead atoms. The zero-order valence-corrected chi connectivity index (χ0v) is 9.12. The molecule has 16 heavy (non-hydrogen) atoms. The van der Waals surface area contributed by atoms with Gasteiger partial charge in [-0.3, -0.25) is 4.79 Å². The molecule has 1 aliphatic rings. The molecule has 1 heterocycles. The first kappa shape index (κ1) is 11.3. The van der Waals surface area contributed by atoms with Crippen LogP contribution in [0, 0.1) is 0 Å². The fourth-order valence-corrected chi connectivity index (χ4v) is 2.11. The summed E-state index contributed by atoms with van der Waals surface area (Å²) in [7, 11) is 0. The smallest absolute Gasteiger partial charge is 0.150 e. The number of ether oxygens (including phenoxy) is 1. The summed E-state index contributed by atoms with van der Waals surface area (Å²) in [6, 6.07) is 7.14. The van der Waals surface area contributed by atoms with Gasteiger partial charge in [0.15, 0.2) is 0 Å². The SMILES string of the molecule is O=Cc1ccccc1CC1(F)CCCOC1. The highest BCUT2D eigenvalue weighted by Crippen LogP contribution is 2.28. The molecule has 2 nitrogen and oxygen atoms in total. The van der Waals surface area contributed by atoms with E-state index in [0.717, 1.165) is 18.3 Å². The minimum absolute atomic E-state index is 0.139. The van der Waals surface area contributed by atoms with Crippen molar-refractivity contribution in [3.05, 3.63) is 35.4 Å². The lowest BCUT2D eigenvalue weighted by atomic mass is 9.89. The Morgan fingerprint density at radius 1 is 1.44 bits per heavy atom. The maximum absolute atomic E-state index is 14.3. The van der Waals surface area contributed by atoms with E-state index in [1.54, 1.807) is 18.2 Å². The molecule has 3 heteroatoms. The third-order valence-corrected chi connectivity index (χ3v) is 2.96. The summed E-state index contributed by atoms with van der Waals surface area (Å²) in [6.07, 6.45) is 2.31. The van der Waals surface area contributed by atoms with Crippen molar-refractivity contribution < 1.29 is 13.9 Å². The van der Waals surface area contributed by atoms with Crippen LogP contribution in [0.4, 0.5) is 4.39 Å². The lowest BCUT2D eigenvalue weighted by Crippen LogP contribution is -2.36. The highest BCUT2D eigenvalue weighted by molar-refractivity contribution is 5.77. The summed E-state index contributed by atoms with van der Waals surface area (Å²) in [5, 5.41) is 0. The van der Waals surface area contributed by atoms with Gasteiger partial charge in [0.2, 0.25) is 0 Å². The molecule has 0 spiro atoms. The zero-order chi connectivity index (χ0) is 11.4. The minimum Gasteiger partial charge on any atom is -0.378 e. The van der Waals surface area contributed by atoms with Crippen molar-refractivity contribution in [2.45, 2.75) is 24.9 Å². The number of rotatable bonds is 3. The Labute approximate surface area is 94.4 Å². The number of carbonyl (C=O) groups is 1. The van der Waals surface area contributed by atoms with Crippen molar-refractivity contribution in [1.82, 2.24) is 0 Å². The summed E-state index contributed by atoms with van der Waals surface area (Å²) in [5.74, 6) is 0. The molecule has 0 amide bonds. The summed E-state index contributed by atoms with van der Waals surface area (Å²) in [4.78, 5) is 10.8. The third kappa shape index (κ3) is 2.47. The molecule has 1 aromatic carbocycles. The van der Waals surface area contributed by atoms with Gasteiger partial charge in [0.25, 0.3) is 0 Å². The average molecular weight is 222 g/mol. The molecule has 1 saturated heterocycles. The van der Waals surface area contributed by atoms with Gasteiger partial charge < -0.3 is 4.74 Å². The van der Waals surface area contributed by atoms with E-state index in [-0.39, 0.29) is 13.0 Å². The normalized spacial score (nSPS) is 25.3. The van der Waals surface area contributed by atoms with Crippen LogP contribution in [0.15, 0.2) is 24.3 Å². The van der Waals surface area contributed by atoms with Crippen LogP contribution >= 0.6 is 0 Å². The Morgan fingerprint density at radius 2 is 2.25 bits per heavy atom. The number of benzene rings is 1. The van der Waals surface area contributed by atoms with Crippen LogP contribution in [0.2, 0.25) is 0 Å². The van der Waals surface area contributed by atoms with Gasteiger partial charge in [-0.25, -0.2) is 4.39 Å². The van der Waals surface area contributed by atoms with E-state index in [0.29, 0.717) is 18.6 Å². The van der Waals surface area contributed by atoms with Crippen LogP contribution < -0.4 is 0 Å². The first-order valence-corrected chi connectivity index (χ1v) is 5.53. The molecule has 0 saturated carbocycles. The first-order valence-electron chi connectivity index (χ1n) is 5.53. The van der Waals surface area contributed by atoms with Crippen molar-refractivity contribution in [3.63, 3.8) is 0 Å². The van der Waals surface area contributed by atoms with Gasteiger partial charge in [0, 0.05) is 18.6 Å². The number of hydrogen-bond acceptors (Lipinski definition) is 2. The molecule has 1 aromatic rings. The summed E-state index contributed by atoms with van der Waals surface area (Å²) in [6.45, 7) is 0.779. The van der Waals surface area contributed by atoms with Crippen molar-refractivity contribution in [2.75, 3.05) is 13.2 Å². The van der Waals surface area contributed by atoms with Gasteiger partial charge in [-0.15, -0.1) is 0 Å². The number of alkyl halides is 1. The van der Waals surface area contributed by atoms with Crippen LogP contribution in [0.3, 0.4) is 0 Å². The molecule has 86 valence electrons. The monoisotopic (exact) mass is 222 g/mol. The second kappa shape index (κ2) is 4.74. The molecule has 1 fully saturated rings. The highest BCUT2D eigenvalue weighted by Gasteiger charge is 2.33. The average Bonchev–Trinajstić information content (AvgIpc) is 2.30. The van der Waals surface area contributed by atoms with E-state index < -0.39 is 5.67 Å². The van der Waals surface area contributed by atoms with E-state index in [1.165, 1.54) is 0 Å². The second-order valence-electron chi connectivity index (χ2n) is 4.30. The molecular formula is C13H15FO2. The largest absolute Gasteiger partial charge is 0.378 e. The highest BCUT2D eigenvalue weighted by atomic mass is 19.1. The van der Waals surface area contributed by atoms with Gasteiger partial charge in [-0.05, 0) is 18.4 Å². The number of aldehydes is 1. The molecule has 0 aromatic heterocycles. The molecule has 0 aliphatic carbocycles. The van der Waals surface area contributed by atoms with Crippen molar-refractivity contribution in [1.29, 1.82) is 0 Å². The van der Waals surface area contributed by atoms with Gasteiger partial charge >= 0.3 is 0 Å². The minimum atomic E-state index is -1.31. The van der Waals surface area contributed by atoms with E-state index in [1.807, 2.05) is 6.07 Å². The van der Waals surface area contributed by atoms with E-state index in [4.69, 9.17) is 4.74 Å². The van der Waals surface area contributed by atoms with Crippen LogP contribution in [0.1, 0.15) is 28.8 Å². The molecule has 0 N–H and O–H groups in total. The molecule has 0 radical (unpaired) electrons. The number of halogens is 1. The van der Waals surface area contributed by atoms with E-state index >= 15 is 0 Å². The Morgan fingerprint density at radius 3 is 2.94 bits per heavy atom. The topological polar surface area (TPSA) is 26.3 Å². The van der Waals surface area contributed by atoms with Crippen LogP contribution in [-0.2, 0) is 11.2 Å². The van der Waals surface area contributed by atoms with Gasteiger partial charge in [-0.1, -0.05) is 24.3 Å². The van der Waals surface area contributed by atoms with Gasteiger partial charge in [0.1, 0.15) is 12.0 Å². The van der Waals surface area contributed by atoms with Crippen LogP contribution in [-0.4, -0.2) is 25.2 Å². The Balaban J connectivity index is 2.15. The van der Waals surface area contributed by atoms with Crippen molar-refractivity contribution >= 4 is 6.29 Å². The molecular weight excluding hydrogens is 207 g/mol. The molecule has 2 rings (SSSR count). The first-order chi connectivity index (χ1) is 7.73. The fraction of sp³-hybridized carbons (Fsp3) is 0.462. The lowest BCUT2D eigenvalue weighted by Gasteiger charge is -2.29. The van der Waals surface area contributed by atoms with Crippen LogP contribution in [0.25, 0.3) is 0 Å². The quantitative estimate of drug-likeness (QED) is 0.735. The molecule has 1 atom stereocenters. The number of carbonyl (C=O) groups excluding carboxylic acids is 1. The predicted molar refractivity (Wildman–Crippen MR) is 59.4 cm³/mol. The second-order valence-corrected chi connectivity index (χ2v) is 4.30. The zero-order valence-electron chi connectivity index (χ0n) is 9.12. The third-order valence-electron chi connectivity index (χ3n) is 2.96. The molecule has 1 unspecified atom stereocenters. The van der Waals surface area contributed by atoms with E-state index in [2.05, 4.69) is 0 Å². The van der Waals surface area contributed by atoms with E-state index in [9.17, 15) is 9.18 Å². The summed E-state index contributed by atoms with van der Waals surface area (Å²) in [5.41, 5.74) is 0.0350. The maximum Gasteiger partial charge on any atom is 0.150 e. The molecule has 1 aliphatic heterocycles. The van der Waals surface area contributed by atoms with Gasteiger partial charge in [-0.2, -0.15) is 0 Å². The fourth-order valence-electron chi connectivity index (χ4n) is 2.11. The van der Waals surface area contributed by atoms with Gasteiger partial charge in [0.05, 0.1) is 6.61 Å². The predicted octanol–water partition coefficient (Wildman–Crippen LogP) is 2.56. The standard InChI is InChI=1S/C13H15FO2/c14-13(6-3-7-16-10-13)8-11-4-1-2-5-12(11)9-15/h1-2,4-5,9H,3,6-8,10H2. The maximum atomic E-state index is 14.3. The lowest BCUT2D eigenvalue weighted by molar-refractivity contribution is -0.0308. The van der Waals surface area contributed by atoms with Crippen molar-refractivity contribution in [3.8, 4) is 0 Å². The Kier molecular flexibility index (Phi) is 3.34. The van der Waals surface area contributed by atoms with Crippen molar-refractivity contribution in [2.24, 2.45) is 0 Å². The Bertz CT molecular complexity index is 370. The van der Waals surface area contributed by atoms with Crippen LogP contribution in [0.5, 0.6) is 0 Å². The Hall–Kier alpha value is -1.22. The number of hydrogen-bond donors (Lipinski definition) is 0. The summed E-state index contributed by atoms with van der Waals surface area (Å²) < 4.78 is 19.5.